The smallest absolute Gasteiger partial charge is 0.0685 e. The van der Waals surface area contributed by atoms with Crippen molar-refractivity contribution in [3.05, 3.63) is 319 Å². The predicted octanol–water partition coefficient (Wildman–Crippen LogP) is 16.1. The van der Waals surface area contributed by atoms with Gasteiger partial charge in [-0.1, -0.05) is 263 Å². The number of aliphatic hydroxyl groups excluding tert-OH is 2. The molecule has 6 bridgehead atoms. The minimum Gasteiger partial charge on any atom is -0.392 e. The maximum atomic E-state index is 10.1. The van der Waals surface area contributed by atoms with Crippen LogP contribution in [0, 0.1) is 21.3 Å². The molecular weight excluding hydrogens is 1290 g/mol. The maximum absolute atomic E-state index is 10.1. The number of fused-ring (bicyclic) bond motifs is 9. The number of hydrogen-bond acceptors (Lipinski definition) is 8. The molecule has 0 aromatic heterocycles. The number of nitrogens with zero attached hydrogens (tertiary/aromatic N) is 3. The second kappa shape index (κ2) is 32.4. The van der Waals surface area contributed by atoms with Crippen LogP contribution in [0.4, 0.5) is 0 Å². The molecule has 9 heterocycles. The number of nitrogens with one attached hydrogen (secondary N) is 3. The average molecular weight is 1390 g/mol. The molecule has 9 aromatic carbocycles. The van der Waals surface area contributed by atoms with Crippen LogP contribution >= 0.6 is 22.6 Å². The van der Waals surface area contributed by atoms with Crippen LogP contribution in [0.5, 0.6) is 0 Å². The summed E-state index contributed by atoms with van der Waals surface area (Å²) in [7, 11) is 0. The average Bonchev–Trinajstić information content (AvgIpc) is 0.802. The van der Waals surface area contributed by atoms with Crippen molar-refractivity contribution in [3.8, 4) is 0 Å². The number of hydrogen-bond donors (Lipinski definition) is 5. The molecule has 9 heteroatoms. The van der Waals surface area contributed by atoms with Gasteiger partial charge in [-0.2, -0.15) is 0 Å². The van der Waals surface area contributed by atoms with Crippen molar-refractivity contribution in [2.24, 2.45) is 17.8 Å². The first-order chi connectivity index (χ1) is 47.1. The lowest BCUT2D eigenvalue weighted by atomic mass is 9.70. The fraction of sp³-hybridized carbons (Fsp3) is 0.379. The summed E-state index contributed by atoms with van der Waals surface area (Å²) in [6.45, 7) is 16.7. The Morgan fingerprint density at radius 3 is 0.927 bits per heavy atom. The van der Waals surface area contributed by atoms with E-state index in [9.17, 15) is 10.2 Å². The summed E-state index contributed by atoms with van der Waals surface area (Å²) >= 11 is 2.46. The van der Waals surface area contributed by atoms with Crippen molar-refractivity contribution < 1.29 is 10.2 Å². The predicted molar refractivity (Wildman–Crippen MR) is 403 cm³/mol. The molecule has 96 heavy (non-hydrogen) atoms. The molecule has 0 amide bonds. The van der Waals surface area contributed by atoms with Gasteiger partial charge >= 0.3 is 0 Å². The van der Waals surface area contributed by atoms with Gasteiger partial charge in [0.1, 0.15) is 0 Å². The van der Waals surface area contributed by atoms with Crippen molar-refractivity contribution in [3.63, 3.8) is 0 Å². The number of benzene rings is 9. The van der Waals surface area contributed by atoms with Crippen LogP contribution in [0.1, 0.15) is 144 Å². The van der Waals surface area contributed by atoms with E-state index < -0.39 is 0 Å². The topological polar surface area (TPSA) is 86.3 Å². The van der Waals surface area contributed by atoms with E-state index in [1.807, 2.05) is 12.1 Å². The number of rotatable bonds is 20. The number of halogens is 1. The molecule has 9 saturated heterocycles. The molecule has 0 saturated carbocycles. The Bertz CT molecular complexity index is 3700. The van der Waals surface area contributed by atoms with E-state index in [1.54, 1.807) is 0 Å². The second-order valence-electron chi connectivity index (χ2n) is 29.1. The molecule has 0 radical (unpaired) electrons. The zero-order valence-electron chi connectivity index (χ0n) is 56.7. The summed E-state index contributed by atoms with van der Waals surface area (Å²) in [5.41, 5.74) is 15.8. The van der Waals surface area contributed by atoms with E-state index >= 15 is 0 Å². The van der Waals surface area contributed by atoms with Crippen molar-refractivity contribution in [2.75, 3.05) is 39.3 Å². The summed E-state index contributed by atoms with van der Waals surface area (Å²) in [6, 6.07) is 92.8. The molecule has 6 unspecified atom stereocenters. The molecule has 6 atom stereocenters. The highest BCUT2D eigenvalue weighted by Crippen LogP contribution is 2.46. The van der Waals surface area contributed by atoms with Crippen LogP contribution in [0.25, 0.3) is 0 Å². The fourth-order valence-electron chi connectivity index (χ4n) is 17.7. The van der Waals surface area contributed by atoms with Crippen LogP contribution in [0.15, 0.2) is 249 Å². The molecule has 9 aliphatic rings. The normalized spacial score (nSPS) is 24.9. The Morgan fingerprint density at radius 1 is 0.344 bits per heavy atom. The van der Waals surface area contributed by atoms with Crippen LogP contribution in [-0.2, 0) is 38.3 Å². The highest BCUT2D eigenvalue weighted by atomic mass is 127. The largest absolute Gasteiger partial charge is 0.392 e. The minimum atomic E-state index is 0.0851. The standard InChI is InChI=1S/C32H40N2O.C28H32N2O.C27H29IN2/c1-32(2,3)28-15-14-26(22-35)27(20-28)21-33-30-25-16-18-34(19-17-25)31(30)29(23-10-6-4-7-11-23)24-12-8-5-9-13-24;31-20-25-14-8-7-13-24(25)19-29-27-23-15-17-30(18-16-23)28(27)26(21-9-3-1-4-10-21)22-11-5-2-6-12-22;28-24-14-8-7-13-23(24)19-29-26-22-15-17-30(18-16-22)27(26)25(20-9-3-1-4-10-20)21-11-5-2-6-12-21/h4-15,20,25,29-31,33,35H,16-19,21-22H2,1-3H3;1-14,23,26-29,31H,15-20H2;1-14,22,25-27,29H,15-19H2. The molecule has 5 N–H and O–H groups in total. The van der Waals surface area contributed by atoms with Gasteiger partial charge in [-0.15, -0.1) is 0 Å². The van der Waals surface area contributed by atoms with Crippen molar-refractivity contribution in [1.82, 2.24) is 30.7 Å². The van der Waals surface area contributed by atoms with E-state index in [-0.39, 0.29) is 18.6 Å². The van der Waals surface area contributed by atoms with Gasteiger partial charge in [0.05, 0.1) is 13.2 Å². The monoisotopic (exact) mass is 1390 g/mol. The van der Waals surface area contributed by atoms with Crippen LogP contribution in [0.3, 0.4) is 0 Å². The summed E-state index contributed by atoms with van der Waals surface area (Å²) in [5.74, 6) is 3.21. The van der Waals surface area contributed by atoms with E-state index in [1.165, 1.54) is 137 Å². The SMILES string of the molecule is CC(C)(C)c1ccc(CO)c(CNC2C3CCN(CC3)C2C(c2ccccc2)c2ccccc2)c1.Ic1ccccc1CNC1C2CCN(CC2)C1C(c1ccccc1)c1ccccc1.OCc1ccccc1CNC1C2CCN(CC2)C1C(c1ccccc1)c1ccccc1. The first-order valence-corrected chi connectivity index (χ1v) is 37.1. The fourth-order valence-corrected chi connectivity index (χ4v) is 18.3. The maximum Gasteiger partial charge on any atom is 0.0685 e. The van der Waals surface area contributed by atoms with Gasteiger partial charge in [-0.25, -0.2) is 0 Å². The number of piperidine rings is 9. The minimum absolute atomic E-state index is 0.0851. The Kier molecular flexibility index (Phi) is 22.9. The summed E-state index contributed by atoms with van der Waals surface area (Å²) < 4.78 is 1.35. The van der Waals surface area contributed by atoms with Crippen LogP contribution < -0.4 is 16.0 Å². The molecule has 9 aromatic rings. The zero-order chi connectivity index (χ0) is 65.8. The van der Waals surface area contributed by atoms with Crippen molar-refractivity contribution in [1.29, 1.82) is 0 Å². The van der Waals surface area contributed by atoms with Crippen LogP contribution in [-0.4, -0.2) is 100 Å². The van der Waals surface area contributed by atoms with Crippen molar-refractivity contribution in [2.45, 2.75) is 152 Å². The Hall–Kier alpha value is -6.61. The lowest BCUT2D eigenvalue weighted by Crippen LogP contribution is -2.64. The van der Waals surface area contributed by atoms with E-state index in [2.05, 4.69) is 311 Å². The Balaban J connectivity index is 0.000000131. The highest BCUT2D eigenvalue weighted by molar-refractivity contribution is 14.1. The number of aliphatic hydroxyl groups is 2. The summed E-state index contributed by atoms with van der Waals surface area (Å²) in [5, 5.41) is 31.9. The molecule has 9 aliphatic heterocycles. The quantitative estimate of drug-likeness (QED) is 0.0483. The van der Waals surface area contributed by atoms with Gasteiger partial charge in [-0.3, -0.25) is 14.7 Å². The lowest BCUT2D eigenvalue weighted by molar-refractivity contribution is 0.00462. The van der Waals surface area contributed by atoms with Gasteiger partial charge in [0.2, 0.25) is 0 Å². The van der Waals surface area contributed by atoms with E-state index in [0.717, 1.165) is 36.7 Å². The molecule has 0 aliphatic carbocycles. The van der Waals surface area contributed by atoms with E-state index in [4.69, 9.17) is 0 Å². The molecule has 0 spiro atoms. The third-order valence-electron chi connectivity index (χ3n) is 22.7. The van der Waals surface area contributed by atoms with Gasteiger partial charge < -0.3 is 26.2 Å². The molecule has 9 fully saturated rings. The summed E-state index contributed by atoms with van der Waals surface area (Å²) in [6.07, 6.45) is 7.70. The second-order valence-corrected chi connectivity index (χ2v) is 30.3. The first kappa shape index (κ1) is 67.9. The Labute approximate surface area is 587 Å². The van der Waals surface area contributed by atoms with Crippen LogP contribution in [0.2, 0.25) is 0 Å². The molecule has 18 rings (SSSR count). The first-order valence-electron chi connectivity index (χ1n) is 36.0. The lowest BCUT2D eigenvalue weighted by Gasteiger charge is -2.54. The van der Waals surface area contributed by atoms with Crippen molar-refractivity contribution >= 4 is 22.6 Å². The molecular formula is C87H101IN6O2. The Morgan fingerprint density at radius 2 is 0.615 bits per heavy atom. The van der Waals surface area contributed by atoms with E-state index in [0.29, 0.717) is 65.8 Å². The van der Waals surface area contributed by atoms with Gasteiger partial charge in [0.25, 0.3) is 0 Å². The third kappa shape index (κ3) is 15.8. The van der Waals surface area contributed by atoms with Gasteiger partial charge in [0.15, 0.2) is 0 Å². The summed E-state index contributed by atoms with van der Waals surface area (Å²) in [4.78, 5) is 8.22. The third-order valence-corrected chi connectivity index (χ3v) is 23.7. The van der Waals surface area contributed by atoms with Gasteiger partial charge in [0, 0.05) is 77.2 Å². The molecule has 498 valence electrons. The van der Waals surface area contributed by atoms with Gasteiger partial charge in [-0.05, 0) is 196 Å². The zero-order valence-corrected chi connectivity index (χ0v) is 58.9. The highest BCUT2D eigenvalue weighted by Gasteiger charge is 2.49. The molecule has 8 nitrogen and oxygen atoms in total.